The summed E-state index contributed by atoms with van der Waals surface area (Å²) >= 11 is 10.7. The van der Waals surface area contributed by atoms with E-state index in [0.717, 1.165) is 0 Å². The number of hydrogen-bond donors (Lipinski definition) is 0. The van der Waals surface area contributed by atoms with Gasteiger partial charge < -0.3 is 0 Å². The monoisotopic (exact) mass is 219 g/mol. The molecule has 0 atom stereocenters. The van der Waals surface area contributed by atoms with Gasteiger partial charge in [-0.15, -0.1) is 0 Å². The lowest BCUT2D eigenvalue weighted by molar-refractivity contribution is -0.385. The van der Waals surface area contributed by atoms with Crippen LogP contribution in [0.15, 0.2) is 18.2 Å². The fourth-order valence-corrected chi connectivity index (χ4v) is 1.36. The quantitative estimate of drug-likeness (QED) is 0.437. The summed E-state index contributed by atoms with van der Waals surface area (Å²) < 4.78 is 0. The molecule has 0 amide bonds. The molecule has 0 fully saturated rings. The smallest absolute Gasteiger partial charge is 0.275 e. The Labute approximate surface area is 83.2 Å². The molecule has 0 spiro atoms. The second-order valence-electron chi connectivity index (χ2n) is 2.16. The Hall–Kier alpha value is -1.13. The molecule has 13 heavy (non-hydrogen) atoms. The molecule has 0 aliphatic carbocycles. The van der Waals surface area contributed by atoms with E-state index in [1.54, 1.807) is 0 Å². The lowest BCUT2D eigenvalue weighted by Gasteiger charge is -1.98. The summed E-state index contributed by atoms with van der Waals surface area (Å²) in [5.41, 5.74) is -0.650. The molecule has 0 aliphatic rings. The Kier molecular flexibility index (Phi) is 2.85. The number of rotatable bonds is 2. The van der Waals surface area contributed by atoms with E-state index in [4.69, 9.17) is 23.2 Å². The van der Waals surface area contributed by atoms with Crippen LogP contribution in [0.25, 0.3) is 0 Å². The highest BCUT2D eigenvalue weighted by Crippen LogP contribution is 2.27. The van der Waals surface area contributed by atoms with E-state index in [1.165, 1.54) is 18.2 Å². The average Bonchev–Trinajstić information content (AvgIpc) is 2.02. The van der Waals surface area contributed by atoms with Crippen LogP contribution in [-0.4, -0.2) is 10.2 Å². The van der Waals surface area contributed by atoms with E-state index < -0.39 is 10.2 Å². The molecule has 6 heteroatoms. The molecule has 0 saturated heterocycles. The maximum absolute atomic E-state index is 10.8. The van der Waals surface area contributed by atoms with Gasteiger partial charge in [0.2, 0.25) is 0 Å². The van der Waals surface area contributed by atoms with Crippen LogP contribution in [0.3, 0.4) is 0 Å². The molecule has 0 aliphatic heterocycles. The Balaban J connectivity index is 3.43. The summed E-state index contributed by atoms with van der Waals surface area (Å²) in [6.45, 7) is 0. The SMILES string of the molecule is O=C(Cl)c1c(Cl)cccc1[N+](=O)[O-]. The zero-order valence-electron chi connectivity index (χ0n) is 6.16. The van der Waals surface area contributed by atoms with E-state index in [0.29, 0.717) is 0 Å². The van der Waals surface area contributed by atoms with Crippen molar-refractivity contribution in [3.05, 3.63) is 38.9 Å². The van der Waals surface area contributed by atoms with Gasteiger partial charge in [-0.1, -0.05) is 17.7 Å². The number of nitrogens with zero attached hydrogens (tertiary/aromatic N) is 1. The zero-order chi connectivity index (χ0) is 10.0. The maximum Gasteiger partial charge on any atom is 0.283 e. The second-order valence-corrected chi connectivity index (χ2v) is 2.92. The second kappa shape index (κ2) is 3.72. The number of nitro groups is 1. The summed E-state index contributed by atoms with van der Waals surface area (Å²) in [7, 11) is 0. The molecule has 0 saturated carbocycles. The minimum Gasteiger partial charge on any atom is -0.275 e. The summed E-state index contributed by atoms with van der Waals surface area (Å²) in [5, 5.41) is 9.46. The lowest BCUT2D eigenvalue weighted by atomic mass is 10.2. The molecule has 4 nitrogen and oxygen atoms in total. The van der Waals surface area contributed by atoms with Gasteiger partial charge in [0.25, 0.3) is 10.9 Å². The van der Waals surface area contributed by atoms with Crippen LogP contribution >= 0.6 is 23.2 Å². The van der Waals surface area contributed by atoms with Crippen LogP contribution in [0.1, 0.15) is 10.4 Å². The molecule has 0 N–H and O–H groups in total. The molecule has 0 radical (unpaired) electrons. The van der Waals surface area contributed by atoms with Crippen molar-refractivity contribution in [1.82, 2.24) is 0 Å². The van der Waals surface area contributed by atoms with Crippen LogP contribution in [0, 0.1) is 10.1 Å². The average molecular weight is 220 g/mol. The van der Waals surface area contributed by atoms with Crippen molar-refractivity contribution in [1.29, 1.82) is 0 Å². The Morgan fingerprint density at radius 2 is 2.08 bits per heavy atom. The van der Waals surface area contributed by atoms with Crippen molar-refractivity contribution in [3.63, 3.8) is 0 Å². The highest BCUT2D eigenvalue weighted by atomic mass is 35.5. The van der Waals surface area contributed by atoms with E-state index in [-0.39, 0.29) is 16.3 Å². The topological polar surface area (TPSA) is 60.2 Å². The minimum absolute atomic E-state index is 0.0193. The first-order valence-electron chi connectivity index (χ1n) is 3.16. The predicted octanol–water partition coefficient (Wildman–Crippen LogP) is 2.63. The standard InChI is InChI=1S/C7H3Cl2NO3/c8-4-2-1-3-5(10(12)13)6(4)7(9)11/h1-3H. The molecule has 0 aromatic heterocycles. The summed E-state index contributed by atoms with van der Waals surface area (Å²) in [5.74, 6) is 0. The number of nitro benzene ring substituents is 1. The first-order chi connectivity index (χ1) is 6.04. The van der Waals surface area contributed by atoms with Gasteiger partial charge in [-0.3, -0.25) is 14.9 Å². The highest BCUT2D eigenvalue weighted by Gasteiger charge is 2.21. The highest BCUT2D eigenvalue weighted by molar-refractivity contribution is 6.69. The van der Waals surface area contributed by atoms with E-state index in [2.05, 4.69) is 0 Å². The van der Waals surface area contributed by atoms with Gasteiger partial charge >= 0.3 is 0 Å². The van der Waals surface area contributed by atoms with Crippen LogP contribution in [-0.2, 0) is 0 Å². The van der Waals surface area contributed by atoms with E-state index >= 15 is 0 Å². The molecule has 1 aromatic carbocycles. The molecule has 0 unspecified atom stereocenters. The van der Waals surface area contributed by atoms with Crippen molar-refractivity contribution < 1.29 is 9.72 Å². The van der Waals surface area contributed by atoms with Gasteiger partial charge in [-0.2, -0.15) is 0 Å². The zero-order valence-corrected chi connectivity index (χ0v) is 7.67. The third kappa shape index (κ3) is 1.96. The Morgan fingerprint density at radius 3 is 2.46 bits per heavy atom. The third-order valence-electron chi connectivity index (χ3n) is 1.38. The van der Waals surface area contributed by atoms with E-state index in [1.807, 2.05) is 0 Å². The molecule has 68 valence electrons. The fraction of sp³-hybridized carbons (Fsp3) is 0. The number of hydrogen-bond acceptors (Lipinski definition) is 3. The lowest BCUT2D eigenvalue weighted by Crippen LogP contribution is -1.98. The van der Waals surface area contributed by atoms with Crippen molar-refractivity contribution in [3.8, 4) is 0 Å². The molecular formula is C7H3Cl2NO3. The Bertz CT molecular complexity index is 378. The van der Waals surface area contributed by atoms with Crippen molar-refractivity contribution in [2.75, 3.05) is 0 Å². The number of benzene rings is 1. The first kappa shape index (κ1) is 9.95. The minimum atomic E-state index is -0.933. The Morgan fingerprint density at radius 1 is 1.46 bits per heavy atom. The van der Waals surface area contributed by atoms with Gasteiger partial charge in [0.1, 0.15) is 5.56 Å². The number of halogens is 2. The molecule has 0 heterocycles. The normalized spacial score (nSPS) is 9.69. The van der Waals surface area contributed by atoms with Crippen LogP contribution in [0.2, 0.25) is 5.02 Å². The number of carbonyl (C=O) groups is 1. The van der Waals surface area contributed by atoms with Crippen molar-refractivity contribution >= 4 is 34.1 Å². The van der Waals surface area contributed by atoms with Gasteiger partial charge in [-0.05, 0) is 17.7 Å². The van der Waals surface area contributed by atoms with Gasteiger partial charge in [0, 0.05) is 6.07 Å². The predicted molar refractivity (Wildman–Crippen MR) is 48.3 cm³/mol. The molecule has 0 bridgehead atoms. The third-order valence-corrected chi connectivity index (χ3v) is 1.89. The van der Waals surface area contributed by atoms with Crippen molar-refractivity contribution in [2.45, 2.75) is 0 Å². The van der Waals surface area contributed by atoms with E-state index in [9.17, 15) is 14.9 Å². The fourth-order valence-electron chi connectivity index (χ4n) is 0.859. The van der Waals surface area contributed by atoms with Crippen LogP contribution in [0.4, 0.5) is 5.69 Å². The largest absolute Gasteiger partial charge is 0.283 e. The summed E-state index contributed by atoms with van der Waals surface area (Å²) in [4.78, 5) is 20.5. The van der Waals surface area contributed by atoms with Gasteiger partial charge in [0.15, 0.2) is 0 Å². The maximum atomic E-state index is 10.8. The van der Waals surface area contributed by atoms with Crippen LogP contribution in [0.5, 0.6) is 0 Å². The van der Waals surface area contributed by atoms with Gasteiger partial charge in [-0.25, -0.2) is 0 Å². The number of carbonyl (C=O) groups excluding carboxylic acids is 1. The van der Waals surface area contributed by atoms with Gasteiger partial charge in [0.05, 0.1) is 9.95 Å². The summed E-state index contributed by atoms with van der Waals surface area (Å²) in [6, 6.07) is 3.91. The molecular weight excluding hydrogens is 217 g/mol. The molecule has 1 rings (SSSR count). The first-order valence-corrected chi connectivity index (χ1v) is 3.92. The molecule has 1 aromatic rings. The van der Waals surface area contributed by atoms with Crippen molar-refractivity contribution in [2.24, 2.45) is 0 Å². The van der Waals surface area contributed by atoms with Crippen LogP contribution < -0.4 is 0 Å². The summed E-state index contributed by atoms with van der Waals surface area (Å²) in [6.07, 6.45) is 0.